The van der Waals surface area contributed by atoms with E-state index in [0.29, 0.717) is 5.69 Å². The van der Waals surface area contributed by atoms with Crippen molar-refractivity contribution in [2.45, 2.75) is 5.25 Å². The van der Waals surface area contributed by atoms with Gasteiger partial charge < -0.3 is 10.1 Å². The number of alkyl halides is 2. The molecule has 2 rings (SSSR count). The summed E-state index contributed by atoms with van der Waals surface area (Å²) in [6, 6.07) is 12.0. The Labute approximate surface area is 166 Å². The summed E-state index contributed by atoms with van der Waals surface area (Å²) in [4.78, 5) is 24.4. The van der Waals surface area contributed by atoms with Gasteiger partial charge in [-0.25, -0.2) is 4.79 Å². The third-order valence-corrected chi connectivity index (χ3v) is 4.83. The van der Waals surface area contributed by atoms with Crippen LogP contribution in [-0.2, 0) is 14.9 Å². The zero-order valence-electron chi connectivity index (χ0n) is 13.4. The number of carbonyl (C=O) groups excluding carboxylic acids is 2. The molecular weight excluding hydrogens is 499 g/mol. The van der Waals surface area contributed by atoms with Crippen LogP contribution in [0.3, 0.4) is 0 Å². The molecule has 144 valence electrons. The second-order valence-electron chi connectivity index (χ2n) is 5.20. The number of hydrogen-bond acceptors (Lipinski definition) is 5. The van der Waals surface area contributed by atoms with E-state index >= 15 is 0 Å². The standard InChI is InChI=1S/C16H12F2INO6S/c17-16(18,27(23,24)25)9-26-15(22)13-4-2-1-3-12(13)14(21)20-11-7-5-10(19)6-8-11/h1-8H,9H2,(H,20,21)(H,23,24,25). The summed E-state index contributed by atoms with van der Waals surface area (Å²) in [6.07, 6.45) is 0. The van der Waals surface area contributed by atoms with Crippen molar-refractivity contribution in [3.05, 3.63) is 63.2 Å². The van der Waals surface area contributed by atoms with Gasteiger partial charge in [-0.15, -0.1) is 0 Å². The summed E-state index contributed by atoms with van der Waals surface area (Å²) < 4.78 is 61.1. The fourth-order valence-electron chi connectivity index (χ4n) is 1.89. The Bertz CT molecular complexity index is 963. The summed E-state index contributed by atoms with van der Waals surface area (Å²) in [5.41, 5.74) is -0.0515. The lowest BCUT2D eigenvalue weighted by molar-refractivity contribution is -0.00956. The molecule has 0 unspecified atom stereocenters. The first-order valence-corrected chi connectivity index (χ1v) is 9.71. The minimum absolute atomic E-state index is 0.156. The van der Waals surface area contributed by atoms with E-state index in [2.05, 4.69) is 32.6 Å². The van der Waals surface area contributed by atoms with Crippen molar-refractivity contribution in [3.63, 3.8) is 0 Å². The molecule has 0 aromatic heterocycles. The highest BCUT2D eigenvalue weighted by molar-refractivity contribution is 14.1. The van der Waals surface area contributed by atoms with Gasteiger partial charge in [-0.05, 0) is 59.0 Å². The zero-order chi connectivity index (χ0) is 20.2. The number of rotatable bonds is 6. The summed E-state index contributed by atoms with van der Waals surface area (Å²) >= 11 is 2.08. The molecule has 0 fully saturated rings. The molecule has 11 heteroatoms. The molecule has 0 spiro atoms. The van der Waals surface area contributed by atoms with Crippen LogP contribution in [0.2, 0.25) is 0 Å². The van der Waals surface area contributed by atoms with Gasteiger partial charge in [0.05, 0.1) is 11.1 Å². The van der Waals surface area contributed by atoms with Gasteiger partial charge in [0.15, 0.2) is 6.61 Å². The maximum atomic E-state index is 13.2. The van der Waals surface area contributed by atoms with Crippen LogP contribution in [0.15, 0.2) is 48.5 Å². The molecule has 0 saturated carbocycles. The van der Waals surface area contributed by atoms with Crippen molar-refractivity contribution >= 4 is 50.3 Å². The Morgan fingerprint density at radius 1 is 1.07 bits per heavy atom. The summed E-state index contributed by atoms with van der Waals surface area (Å²) in [7, 11) is -5.74. The number of benzene rings is 2. The molecule has 0 heterocycles. The molecule has 7 nitrogen and oxygen atoms in total. The van der Waals surface area contributed by atoms with E-state index < -0.39 is 33.9 Å². The first-order valence-electron chi connectivity index (χ1n) is 7.19. The Balaban J connectivity index is 2.18. The third kappa shape index (κ3) is 5.43. The van der Waals surface area contributed by atoms with Crippen molar-refractivity contribution in [1.29, 1.82) is 0 Å². The summed E-state index contributed by atoms with van der Waals surface area (Å²) in [5, 5.41) is -2.12. The molecule has 0 aliphatic rings. The van der Waals surface area contributed by atoms with E-state index in [4.69, 9.17) is 4.55 Å². The molecule has 0 bridgehead atoms. The van der Waals surface area contributed by atoms with Crippen LogP contribution in [-0.4, -0.2) is 36.7 Å². The van der Waals surface area contributed by atoms with Crippen molar-refractivity contribution in [1.82, 2.24) is 0 Å². The van der Waals surface area contributed by atoms with Gasteiger partial charge in [-0.2, -0.15) is 17.2 Å². The normalized spacial score (nSPS) is 11.7. The van der Waals surface area contributed by atoms with Gasteiger partial charge in [0.2, 0.25) is 0 Å². The molecule has 2 N–H and O–H groups in total. The molecule has 0 saturated heterocycles. The molecule has 27 heavy (non-hydrogen) atoms. The van der Waals surface area contributed by atoms with Gasteiger partial charge in [-0.1, -0.05) is 12.1 Å². The van der Waals surface area contributed by atoms with Crippen molar-refractivity contribution in [2.24, 2.45) is 0 Å². The van der Waals surface area contributed by atoms with E-state index in [9.17, 15) is 26.8 Å². The monoisotopic (exact) mass is 511 g/mol. The van der Waals surface area contributed by atoms with Crippen LogP contribution >= 0.6 is 22.6 Å². The molecule has 0 radical (unpaired) electrons. The lowest BCUT2D eigenvalue weighted by Gasteiger charge is -2.14. The Morgan fingerprint density at radius 3 is 2.19 bits per heavy atom. The second-order valence-corrected chi connectivity index (χ2v) is 7.99. The topological polar surface area (TPSA) is 110 Å². The van der Waals surface area contributed by atoms with E-state index in [1.807, 2.05) is 0 Å². The number of hydrogen-bond donors (Lipinski definition) is 2. The molecular formula is C16H12F2INO6S. The number of ether oxygens (including phenoxy) is 1. The van der Waals surface area contributed by atoms with E-state index in [-0.39, 0.29) is 11.1 Å². The summed E-state index contributed by atoms with van der Waals surface area (Å²) in [6.45, 7) is -1.89. The number of amides is 1. The number of nitrogens with one attached hydrogen (secondary N) is 1. The van der Waals surface area contributed by atoms with Gasteiger partial charge in [0.25, 0.3) is 5.91 Å². The van der Waals surface area contributed by atoms with E-state index in [0.717, 1.165) is 9.64 Å². The van der Waals surface area contributed by atoms with Crippen LogP contribution in [0.25, 0.3) is 0 Å². The first kappa shape index (κ1) is 21.2. The van der Waals surface area contributed by atoms with Gasteiger partial charge in [-0.3, -0.25) is 9.35 Å². The minimum atomic E-state index is -5.74. The maximum absolute atomic E-state index is 13.2. The quantitative estimate of drug-likeness (QED) is 0.351. The zero-order valence-corrected chi connectivity index (χ0v) is 16.3. The van der Waals surface area contributed by atoms with Gasteiger partial charge in [0.1, 0.15) is 0 Å². The largest absolute Gasteiger partial charge is 0.454 e. The first-order chi connectivity index (χ1) is 12.5. The Kier molecular flexibility index (Phi) is 6.49. The third-order valence-electron chi connectivity index (χ3n) is 3.24. The van der Waals surface area contributed by atoms with Gasteiger partial charge in [0, 0.05) is 9.26 Å². The number of carbonyl (C=O) groups is 2. The lowest BCUT2D eigenvalue weighted by Crippen LogP contribution is -2.34. The smallest absolute Gasteiger partial charge is 0.402 e. The Morgan fingerprint density at radius 2 is 1.63 bits per heavy atom. The van der Waals surface area contributed by atoms with Crippen LogP contribution in [0, 0.1) is 3.57 Å². The maximum Gasteiger partial charge on any atom is 0.402 e. The molecule has 0 atom stereocenters. The lowest BCUT2D eigenvalue weighted by atomic mass is 10.1. The van der Waals surface area contributed by atoms with Crippen molar-refractivity contribution in [2.75, 3.05) is 11.9 Å². The number of esters is 1. The predicted molar refractivity (Wildman–Crippen MR) is 100 cm³/mol. The molecule has 0 aliphatic carbocycles. The molecule has 2 aromatic carbocycles. The van der Waals surface area contributed by atoms with E-state index in [1.165, 1.54) is 18.2 Å². The van der Waals surface area contributed by atoms with E-state index in [1.54, 1.807) is 24.3 Å². The van der Waals surface area contributed by atoms with Gasteiger partial charge >= 0.3 is 21.3 Å². The van der Waals surface area contributed by atoms with Crippen LogP contribution in [0.1, 0.15) is 20.7 Å². The highest BCUT2D eigenvalue weighted by Gasteiger charge is 2.45. The van der Waals surface area contributed by atoms with Crippen LogP contribution in [0.5, 0.6) is 0 Å². The highest BCUT2D eigenvalue weighted by Crippen LogP contribution is 2.22. The second kappa shape index (κ2) is 8.27. The van der Waals surface area contributed by atoms with Crippen molar-refractivity contribution in [3.8, 4) is 0 Å². The fourth-order valence-corrected chi connectivity index (χ4v) is 2.46. The molecule has 0 aliphatic heterocycles. The highest BCUT2D eigenvalue weighted by atomic mass is 127. The Hall–Kier alpha value is -2.12. The average Bonchev–Trinajstić information content (AvgIpc) is 2.60. The molecule has 1 amide bonds. The minimum Gasteiger partial charge on any atom is -0.454 e. The summed E-state index contributed by atoms with van der Waals surface area (Å²) in [5.74, 6) is -2.03. The predicted octanol–water partition coefficient (Wildman–Crippen LogP) is 3.18. The average molecular weight is 511 g/mol. The van der Waals surface area contributed by atoms with Crippen molar-refractivity contribution < 1.29 is 36.1 Å². The van der Waals surface area contributed by atoms with Crippen LogP contribution < -0.4 is 5.32 Å². The SMILES string of the molecule is O=C(Nc1ccc(I)cc1)c1ccccc1C(=O)OCC(F)(F)S(=O)(=O)O. The number of anilines is 1. The molecule has 2 aromatic rings. The number of halogens is 3. The van der Waals surface area contributed by atoms with Crippen LogP contribution in [0.4, 0.5) is 14.5 Å². The fraction of sp³-hybridized carbons (Fsp3) is 0.125.